The first kappa shape index (κ1) is 15.7. The van der Waals surface area contributed by atoms with Crippen LogP contribution in [0.15, 0.2) is 24.3 Å². The number of nitrogens with one attached hydrogen (secondary N) is 1. The lowest BCUT2D eigenvalue weighted by Crippen LogP contribution is -2.35. The van der Waals surface area contributed by atoms with Crippen LogP contribution >= 0.6 is 0 Å². The van der Waals surface area contributed by atoms with Crippen molar-refractivity contribution >= 4 is 5.91 Å². The summed E-state index contributed by atoms with van der Waals surface area (Å²) in [5.41, 5.74) is 1.81. The van der Waals surface area contributed by atoms with Crippen LogP contribution < -0.4 is 5.32 Å². The Morgan fingerprint density at radius 2 is 2.05 bits per heavy atom. The van der Waals surface area contributed by atoms with Gasteiger partial charge in [-0.2, -0.15) is 0 Å². The van der Waals surface area contributed by atoms with Crippen molar-refractivity contribution in [3.05, 3.63) is 35.4 Å². The molecule has 1 amide bonds. The Morgan fingerprint density at radius 3 is 2.68 bits per heavy atom. The van der Waals surface area contributed by atoms with Crippen molar-refractivity contribution in [2.24, 2.45) is 0 Å². The molecular formula is C15H24N2O2. The SMILES string of the molecule is CCCN(CCO)C(=O)c1ccccc1CCNC. The molecule has 0 unspecified atom stereocenters. The highest BCUT2D eigenvalue weighted by Gasteiger charge is 2.17. The van der Waals surface area contributed by atoms with E-state index in [4.69, 9.17) is 5.11 Å². The second-order valence-corrected chi connectivity index (χ2v) is 4.53. The minimum Gasteiger partial charge on any atom is -0.395 e. The summed E-state index contributed by atoms with van der Waals surface area (Å²) in [6, 6.07) is 7.71. The lowest BCUT2D eigenvalue weighted by Gasteiger charge is -2.22. The van der Waals surface area contributed by atoms with Gasteiger partial charge in [0, 0.05) is 18.7 Å². The first-order valence-electron chi connectivity index (χ1n) is 6.87. The molecule has 0 aliphatic heterocycles. The van der Waals surface area contributed by atoms with Crippen LogP contribution in [0.5, 0.6) is 0 Å². The number of likely N-dealkylation sites (N-methyl/N-ethyl adjacent to an activating group) is 1. The molecule has 0 aliphatic rings. The molecule has 0 atom stereocenters. The zero-order valence-corrected chi connectivity index (χ0v) is 11.9. The van der Waals surface area contributed by atoms with Crippen LogP contribution in [0.3, 0.4) is 0 Å². The number of hydrogen-bond acceptors (Lipinski definition) is 3. The molecule has 0 saturated carbocycles. The fourth-order valence-electron chi connectivity index (χ4n) is 2.08. The number of benzene rings is 1. The maximum atomic E-state index is 12.5. The summed E-state index contributed by atoms with van der Waals surface area (Å²) >= 11 is 0. The van der Waals surface area contributed by atoms with Gasteiger partial charge in [-0.15, -0.1) is 0 Å². The first-order chi connectivity index (χ1) is 9.24. The molecule has 0 fully saturated rings. The van der Waals surface area contributed by atoms with Gasteiger partial charge in [0.1, 0.15) is 0 Å². The Morgan fingerprint density at radius 1 is 1.32 bits per heavy atom. The van der Waals surface area contributed by atoms with E-state index < -0.39 is 0 Å². The van der Waals surface area contributed by atoms with Crippen molar-refractivity contribution in [1.29, 1.82) is 0 Å². The van der Waals surface area contributed by atoms with Crippen LogP contribution in [0.25, 0.3) is 0 Å². The van der Waals surface area contributed by atoms with Gasteiger partial charge in [-0.05, 0) is 38.1 Å². The Balaban J connectivity index is 2.89. The molecule has 19 heavy (non-hydrogen) atoms. The number of carbonyl (C=O) groups is 1. The maximum absolute atomic E-state index is 12.5. The van der Waals surface area contributed by atoms with Crippen molar-refractivity contribution < 1.29 is 9.90 Å². The molecule has 0 aliphatic carbocycles. The van der Waals surface area contributed by atoms with Crippen LogP contribution in [-0.2, 0) is 6.42 Å². The highest BCUT2D eigenvalue weighted by atomic mass is 16.3. The summed E-state index contributed by atoms with van der Waals surface area (Å²) in [6.07, 6.45) is 1.72. The highest BCUT2D eigenvalue weighted by molar-refractivity contribution is 5.95. The van der Waals surface area contributed by atoms with Crippen LogP contribution in [0.1, 0.15) is 29.3 Å². The van der Waals surface area contributed by atoms with Crippen LogP contribution in [0, 0.1) is 0 Å². The topological polar surface area (TPSA) is 52.6 Å². The van der Waals surface area contributed by atoms with E-state index in [-0.39, 0.29) is 12.5 Å². The number of aliphatic hydroxyl groups excluding tert-OH is 1. The lowest BCUT2D eigenvalue weighted by atomic mass is 10.0. The molecule has 1 rings (SSSR count). The predicted octanol–water partition coefficient (Wildman–Crippen LogP) is 1.29. The summed E-state index contributed by atoms with van der Waals surface area (Å²) in [6.45, 7) is 3.96. The van der Waals surface area contributed by atoms with Gasteiger partial charge in [0.25, 0.3) is 5.91 Å². The molecule has 106 valence electrons. The minimum absolute atomic E-state index is 0.00439. The summed E-state index contributed by atoms with van der Waals surface area (Å²) in [5, 5.41) is 12.2. The number of rotatable bonds is 8. The first-order valence-corrected chi connectivity index (χ1v) is 6.87. The Bertz CT molecular complexity index is 387. The molecule has 1 aromatic rings. The van der Waals surface area contributed by atoms with Gasteiger partial charge in [-0.1, -0.05) is 25.1 Å². The van der Waals surface area contributed by atoms with Crippen molar-refractivity contribution in [2.45, 2.75) is 19.8 Å². The zero-order chi connectivity index (χ0) is 14.1. The Hall–Kier alpha value is -1.39. The lowest BCUT2D eigenvalue weighted by molar-refractivity contribution is 0.0721. The van der Waals surface area contributed by atoms with Gasteiger partial charge in [0.15, 0.2) is 0 Å². The molecule has 0 spiro atoms. The van der Waals surface area contributed by atoms with E-state index in [1.165, 1.54) is 0 Å². The number of hydrogen-bond donors (Lipinski definition) is 2. The highest BCUT2D eigenvalue weighted by Crippen LogP contribution is 2.13. The second-order valence-electron chi connectivity index (χ2n) is 4.53. The molecule has 1 aromatic carbocycles. The van der Waals surface area contributed by atoms with Gasteiger partial charge < -0.3 is 15.3 Å². The zero-order valence-electron chi connectivity index (χ0n) is 11.9. The summed E-state index contributed by atoms with van der Waals surface area (Å²) in [5.74, 6) is 0.0163. The van der Waals surface area contributed by atoms with Gasteiger partial charge in [0.2, 0.25) is 0 Å². The maximum Gasteiger partial charge on any atom is 0.254 e. The number of aliphatic hydroxyl groups is 1. The van der Waals surface area contributed by atoms with Gasteiger partial charge in [0.05, 0.1) is 6.61 Å². The quantitative estimate of drug-likeness (QED) is 0.744. The molecule has 4 nitrogen and oxygen atoms in total. The van der Waals surface area contributed by atoms with Crippen molar-refractivity contribution in [1.82, 2.24) is 10.2 Å². The van der Waals surface area contributed by atoms with Crippen LogP contribution in [0.4, 0.5) is 0 Å². The van der Waals surface area contributed by atoms with Crippen molar-refractivity contribution in [3.8, 4) is 0 Å². The third-order valence-corrected chi connectivity index (χ3v) is 3.04. The number of nitrogens with zero attached hydrogens (tertiary/aromatic N) is 1. The number of amides is 1. The second kappa shape index (κ2) is 8.67. The molecular weight excluding hydrogens is 240 g/mol. The van der Waals surface area contributed by atoms with E-state index in [2.05, 4.69) is 5.32 Å². The summed E-state index contributed by atoms with van der Waals surface area (Å²) in [4.78, 5) is 14.2. The summed E-state index contributed by atoms with van der Waals surface area (Å²) < 4.78 is 0. The molecule has 0 heterocycles. The van der Waals surface area contributed by atoms with E-state index in [9.17, 15) is 4.79 Å². The van der Waals surface area contributed by atoms with Gasteiger partial charge in [-0.3, -0.25) is 4.79 Å². The van der Waals surface area contributed by atoms with E-state index >= 15 is 0 Å². The van der Waals surface area contributed by atoms with Crippen molar-refractivity contribution in [2.75, 3.05) is 33.3 Å². The molecule has 2 N–H and O–H groups in total. The average molecular weight is 264 g/mol. The standard InChI is InChI=1S/C15H24N2O2/c1-3-10-17(11-12-18)15(19)14-7-5-4-6-13(14)8-9-16-2/h4-7,16,18H,3,8-12H2,1-2H3. The third-order valence-electron chi connectivity index (χ3n) is 3.04. The summed E-state index contributed by atoms with van der Waals surface area (Å²) in [7, 11) is 1.90. The number of carbonyl (C=O) groups excluding carboxylic acids is 1. The largest absolute Gasteiger partial charge is 0.395 e. The Kier molecular flexibility index (Phi) is 7.15. The smallest absolute Gasteiger partial charge is 0.254 e. The average Bonchev–Trinajstić information content (AvgIpc) is 2.44. The Labute approximate surface area is 115 Å². The van der Waals surface area contributed by atoms with Crippen LogP contribution in [-0.4, -0.2) is 49.2 Å². The van der Waals surface area contributed by atoms with Gasteiger partial charge >= 0.3 is 0 Å². The van der Waals surface area contributed by atoms with E-state index in [0.717, 1.165) is 30.5 Å². The molecule has 0 bridgehead atoms. The minimum atomic E-state index is 0.00439. The van der Waals surface area contributed by atoms with E-state index in [0.29, 0.717) is 13.1 Å². The normalized spacial score (nSPS) is 10.5. The molecule has 4 heteroatoms. The molecule has 0 aromatic heterocycles. The van der Waals surface area contributed by atoms with Crippen LogP contribution in [0.2, 0.25) is 0 Å². The fraction of sp³-hybridized carbons (Fsp3) is 0.533. The molecule has 0 radical (unpaired) electrons. The van der Waals surface area contributed by atoms with E-state index in [1.54, 1.807) is 4.90 Å². The third kappa shape index (κ3) is 4.65. The fourth-order valence-corrected chi connectivity index (χ4v) is 2.08. The van der Waals surface area contributed by atoms with Crippen molar-refractivity contribution in [3.63, 3.8) is 0 Å². The monoisotopic (exact) mass is 264 g/mol. The predicted molar refractivity (Wildman–Crippen MR) is 77.4 cm³/mol. The van der Waals surface area contributed by atoms with Gasteiger partial charge in [-0.25, -0.2) is 0 Å². The molecule has 0 saturated heterocycles. The van der Waals surface area contributed by atoms with E-state index in [1.807, 2.05) is 38.2 Å².